The summed E-state index contributed by atoms with van der Waals surface area (Å²) >= 11 is 2.60. The molecule has 0 saturated carbocycles. The van der Waals surface area contributed by atoms with Crippen molar-refractivity contribution in [1.29, 1.82) is 0 Å². The summed E-state index contributed by atoms with van der Waals surface area (Å²) in [5.74, 6) is 1.31. The van der Waals surface area contributed by atoms with Crippen LogP contribution in [0.25, 0.3) is 0 Å². The molecule has 4 heterocycles. The maximum atomic E-state index is 12.4. The molecule has 0 spiro atoms. The Bertz CT molecular complexity index is 1440. The van der Waals surface area contributed by atoms with E-state index in [1.807, 2.05) is 13.8 Å². The third-order valence-electron chi connectivity index (χ3n) is 6.43. The summed E-state index contributed by atoms with van der Waals surface area (Å²) in [7, 11) is -10.8. The first-order valence-electron chi connectivity index (χ1n) is 13.3. The van der Waals surface area contributed by atoms with E-state index in [9.17, 15) is 48.9 Å². The molecule has 2 saturated heterocycles. The molecular weight excluding hydrogens is 700 g/mol. The number of aliphatic hydroxyl groups is 4. The zero-order chi connectivity index (χ0) is 33.1. The lowest BCUT2D eigenvalue weighted by atomic mass is 10.1. The van der Waals surface area contributed by atoms with Crippen LogP contribution in [-0.2, 0) is 32.0 Å². The molecule has 2 aromatic rings. The minimum atomic E-state index is -5.40. The van der Waals surface area contributed by atoms with Crippen LogP contribution in [0.4, 0.5) is 0 Å². The van der Waals surface area contributed by atoms with Crippen LogP contribution in [0.3, 0.4) is 0 Å². The zero-order valence-electron chi connectivity index (χ0n) is 24.3. The van der Waals surface area contributed by atoms with Gasteiger partial charge < -0.3 is 45.8 Å². The minimum absolute atomic E-state index is 0. The third-order valence-corrected chi connectivity index (χ3v) is 10.7. The Hall–Kier alpha value is -1.56. The van der Waals surface area contributed by atoms with Gasteiger partial charge in [0.2, 0.25) is 0 Å². The smallest absolute Gasteiger partial charge is 0.387 e. The van der Waals surface area contributed by atoms with Gasteiger partial charge in [0.15, 0.2) is 12.5 Å². The molecule has 20 nitrogen and oxygen atoms in total. The van der Waals surface area contributed by atoms with Crippen LogP contribution in [0.15, 0.2) is 44.2 Å². The van der Waals surface area contributed by atoms with Crippen LogP contribution in [0.1, 0.15) is 26.3 Å². The number of thioether (sulfide) groups is 2. The first-order valence-corrected chi connectivity index (χ1v) is 18.3. The van der Waals surface area contributed by atoms with Crippen molar-refractivity contribution in [1.82, 2.24) is 25.3 Å². The number of rotatable bonds is 14. The van der Waals surface area contributed by atoms with Gasteiger partial charge in [-0.2, -0.15) is 14.3 Å². The fourth-order valence-electron chi connectivity index (χ4n) is 4.34. The molecule has 46 heavy (non-hydrogen) atoms. The molecule has 10 atom stereocenters. The van der Waals surface area contributed by atoms with E-state index >= 15 is 0 Å². The van der Waals surface area contributed by atoms with Crippen molar-refractivity contribution in [3.8, 4) is 0 Å². The van der Waals surface area contributed by atoms with E-state index in [0.717, 1.165) is 9.13 Å². The Kier molecular flexibility index (Phi) is 13.7. The molecule has 2 aliphatic heterocycles. The van der Waals surface area contributed by atoms with Crippen molar-refractivity contribution in [2.75, 3.05) is 24.7 Å². The Morgan fingerprint density at radius 1 is 0.761 bits per heavy atom. The van der Waals surface area contributed by atoms with Crippen LogP contribution in [0, 0.1) is 0 Å². The summed E-state index contributed by atoms with van der Waals surface area (Å²) in [4.78, 5) is 52.4. The highest BCUT2D eigenvalue weighted by atomic mass is 32.2. The van der Waals surface area contributed by atoms with Gasteiger partial charge >= 0.3 is 27.0 Å². The van der Waals surface area contributed by atoms with Gasteiger partial charge in [0.25, 0.3) is 0 Å². The normalized spacial score (nSPS) is 30.4. The summed E-state index contributed by atoms with van der Waals surface area (Å²) in [6.07, 6.45) is -10.0. The summed E-state index contributed by atoms with van der Waals surface area (Å²) in [5, 5.41) is 42.3. The van der Waals surface area contributed by atoms with Crippen molar-refractivity contribution in [3.63, 3.8) is 0 Å². The number of aromatic nitrogens is 4. The van der Waals surface area contributed by atoms with E-state index in [2.05, 4.69) is 23.3 Å². The molecule has 2 aliphatic rings. The van der Waals surface area contributed by atoms with Crippen molar-refractivity contribution in [3.05, 3.63) is 45.5 Å². The Balaban J connectivity index is 0.00000576. The van der Waals surface area contributed by atoms with Crippen LogP contribution in [0.5, 0.6) is 0 Å². The maximum Gasteiger partial charge on any atom is 0.481 e. The number of hydrogen-bond acceptors (Lipinski definition) is 18. The first-order chi connectivity index (χ1) is 21.2. The van der Waals surface area contributed by atoms with E-state index in [1.165, 1.54) is 48.1 Å². The second kappa shape index (κ2) is 16.2. The van der Waals surface area contributed by atoms with Gasteiger partial charge in [-0.05, 0) is 23.6 Å². The van der Waals surface area contributed by atoms with E-state index < -0.39 is 89.3 Å². The zero-order valence-corrected chi connectivity index (χ0v) is 27.7. The van der Waals surface area contributed by atoms with Crippen molar-refractivity contribution < 1.29 is 62.2 Å². The Labute approximate surface area is 269 Å². The van der Waals surface area contributed by atoms with Gasteiger partial charge in [-0.3, -0.25) is 18.2 Å². The maximum absolute atomic E-state index is 12.4. The molecule has 0 bridgehead atoms. The molecule has 260 valence electrons. The monoisotopic (exact) mass is 735 g/mol. The molecular formula is C22H35N5O15P2S2. The van der Waals surface area contributed by atoms with E-state index in [0.29, 0.717) is 21.6 Å². The van der Waals surface area contributed by atoms with Gasteiger partial charge in [-0.25, -0.2) is 18.7 Å². The highest BCUT2D eigenvalue weighted by molar-refractivity contribution is 7.99. The number of ether oxygens (including phenoxy) is 2. The Morgan fingerprint density at radius 2 is 1.13 bits per heavy atom. The molecule has 2 fully saturated rings. The lowest BCUT2D eigenvalue weighted by Gasteiger charge is -2.20. The van der Waals surface area contributed by atoms with Crippen LogP contribution >= 0.6 is 39.2 Å². The quantitative estimate of drug-likeness (QED) is 0.0722. The highest BCUT2D eigenvalue weighted by Gasteiger charge is 2.48. The fourth-order valence-corrected chi connectivity index (χ4v) is 7.63. The van der Waals surface area contributed by atoms with Crippen LogP contribution in [0.2, 0.25) is 0 Å². The summed E-state index contributed by atoms with van der Waals surface area (Å²) in [5.41, 5.74) is -1.58. The predicted octanol–water partition coefficient (Wildman–Crippen LogP) is -0.625. The molecule has 0 aromatic carbocycles. The van der Waals surface area contributed by atoms with Gasteiger partial charge in [-0.1, -0.05) is 13.8 Å². The molecule has 9 N–H and O–H groups in total. The molecule has 2 unspecified atom stereocenters. The molecule has 0 aliphatic carbocycles. The summed E-state index contributed by atoms with van der Waals surface area (Å²) in [6.45, 7) is 1.84. The first kappa shape index (κ1) is 38.9. The predicted molar refractivity (Wildman–Crippen MR) is 159 cm³/mol. The second-order valence-electron chi connectivity index (χ2n) is 9.48. The average Bonchev–Trinajstić information content (AvgIpc) is 3.40. The van der Waals surface area contributed by atoms with Crippen molar-refractivity contribution in [2.24, 2.45) is 0 Å². The number of aliphatic hydroxyl groups excluding tert-OH is 4. The lowest BCUT2D eigenvalue weighted by molar-refractivity contribution is -0.0568. The lowest BCUT2D eigenvalue weighted by Crippen LogP contribution is -2.36. The Morgan fingerprint density at radius 3 is 1.46 bits per heavy atom. The standard InChI is InChI=1S/C22H32N4O15P2S2.H3N/c1-3-44-13-5-7-25(21(31)23-13)19-17(29)15(27)11(39-19)9-37-42(33,34)41-43(35,36)38-10-12-16(28)18(30)20(40-12)26-8-6-14(45-4-2)24-22(26)32;/h5-8,11-12,15-20,27-30H,3-4,9-10H2,1-2H3,(H,33,34)(H,35,36);1H3/t11-,12-,15-,16-,17-,18-,19-,20-;/m1./s1. The topological polar surface area (TPSA) is 306 Å². The van der Waals surface area contributed by atoms with E-state index in [1.54, 1.807) is 0 Å². The van der Waals surface area contributed by atoms with Gasteiger partial charge in [-0.15, -0.1) is 23.5 Å². The number of phosphoric acid groups is 2. The SMILES string of the molecule is CCSc1ccn([C@@H]2O[C@H](COP(=O)(O)OP(=O)(O)OC[C@H]3O[C@@H](n4ccc(SCC)nc4=O)[C@H](O)[C@@H]3O)[C@@H](O)[C@H]2O)c(=O)n1.N. The molecule has 24 heteroatoms. The number of nitrogens with zero attached hydrogens (tertiary/aromatic N) is 4. The van der Waals surface area contributed by atoms with Crippen LogP contribution in [-0.4, -0.2) is 111 Å². The average molecular weight is 736 g/mol. The summed E-state index contributed by atoms with van der Waals surface area (Å²) < 4.78 is 51.1. The van der Waals surface area contributed by atoms with Crippen LogP contribution < -0.4 is 17.5 Å². The minimum Gasteiger partial charge on any atom is -0.387 e. The second-order valence-corrected chi connectivity index (χ2v) is 15.1. The highest BCUT2D eigenvalue weighted by Crippen LogP contribution is 2.60. The molecule has 0 amide bonds. The van der Waals surface area contributed by atoms with Crippen molar-refractivity contribution in [2.45, 2.75) is 73.0 Å². The van der Waals surface area contributed by atoms with Gasteiger partial charge in [0.1, 0.15) is 46.7 Å². The molecule has 2 aromatic heterocycles. The van der Waals surface area contributed by atoms with E-state index in [-0.39, 0.29) is 6.15 Å². The molecule has 0 radical (unpaired) electrons. The number of phosphoric ester groups is 2. The van der Waals surface area contributed by atoms with Gasteiger partial charge in [0.05, 0.1) is 13.2 Å². The fraction of sp³-hybridized carbons (Fsp3) is 0.636. The van der Waals surface area contributed by atoms with Crippen molar-refractivity contribution >= 4 is 39.2 Å². The van der Waals surface area contributed by atoms with E-state index in [4.69, 9.17) is 9.47 Å². The summed E-state index contributed by atoms with van der Waals surface area (Å²) in [6, 6.07) is 2.99. The van der Waals surface area contributed by atoms with Gasteiger partial charge in [0, 0.05) is 12.4 Å². The number of hydrogen-bond donors (Lipinski definition) is 7. The molecule has 4 rings (SSSR count). The third kappa shape index (κ3) is 9.32. The largest absolute Gasteiger partial charge is 0.481 e.